The summed E-state index contributed by atoms with van der Waals surface area (Å²) in [6.07, 6.45) is 5.04. The molecule has 1 saturated carbocycles. The number of amides is 1. The van der Waals surface area contributed by atoms with Gasteiger partial charge in [0.05, 0.1) is 6.42 Å². The van der Waals surface area contributed by atoms with Crippen LogP contribution in [0.4, 0.5) is 4.39 Å². The van der Waals surface area contributed by atoms with Gasteiger partial charge in [0.2, 0.25) is 5.91 Å². The number of benzene rings is 1. The summed E-state index contributed by atoms with van der Waals surface area (Å²) in [7, 11) is 1.93. The van der Waals surface area contributed by atoms with Gasteiger partial charge in [-0.3, -0.25) is 9.48 Å². The number of hydrogen-bond donors (Lipinski definition) is 0. The summed E-state index contributed by atoms with van der Waals surface area (Å²) >= 11 is 0. The van der Waals surface area contributed by atoms with Gasteiger partial charge in [0.15, 0.2) is 5.82 Å². The molecule has 1 aliphatic carbocycles. The third-order valence-corrected chi connectivity index (χ3v) is 5.87. The Morgan fingerprint density at radius 2 is 2.10 bits per heavy atom. The molecule has 1 fully saturated rings. The second kappa shape index (κ2) is 7.09. The Balaban J connectivity index is 1.41. The maximum atomic E-state index is 14.0. The van der Waals surface area contributed by atoms with Crippen molar-refractivity contribution >= 4 is 5.91 Å². The summed E-state index contributed by atoms with van der Waals surface area (Å²) in [6, 6.07) is 6.45. The fourth-order valence-corrected chi connectivity index (χ4v) is 4.05. The highest BCUT2D eigenvalue weighted by molar-refractivity contribution is 5.79. The van der Waals surface area contributed by atoms with Crippen molar-refractivity contribution in [3.63, 3.8) is 0 Å². The van der Waals surface area contributed by atoms with E-state index >= 15 is 0 Å². The molecule has 3 heterocycles. The zero-order valence-corrected chi connectivity index (χ0v) is 16.4. The van der Waals surface area contributed by atoms with Crippen LogP contribution in [0.3, 0.4) is 0 Å². The van der Waals surface area contributed by atoms with E-state index in [0.717, 1.165) is 35.7 Å². The van der Waals surface area contributed by atoms with Gasteiger partial charge in [-0.2, -0.15) is 5.10 Å². The smallest absolute Gasteiger partial charge is 0.227 e. The Bertz CT molecular complexity index is 1070. The van der Waals surface area contributed by atoms with Gasteiger partial charge in [-0.25, -0.2) is 4.39 Å². The van der Waals surface area contributed by atoms with Gasteiger partial charge in [0.1, 0.15) is 17.8 Å². The molecule has 5 rings (SSSR count). The number of aryl methyl sites for hydroxylation is 1. The molecule has 0 unspecified atom stereocenters. The van der Waals surface area contributed by atoms with E-state index in [1.54, 1.807) is 29.4 Å². The van der Waals surface area contributed by atoms with E-state index in [1.807, 2.05) is 11.7 Å². The highest BCUT2D eigenvalue weighted by Crippen LogP contribution is 2.33. The van der Waals surface area contributed by atoms with Crippen LogP contribution in [-0.2, 0) is 37.8 Å². The van der Waals surface area contributed by atoms with E-state index in [1.165, 1.54) is 18.9 Å². The number of fused-ring (bicyclic) bond motifs is 1. The number of halogens is 1. The third kappa shape index (κ3) is 3.43. The predicted molar refractivity (Wildman–Crippen MR) is 104 cm³/mol. The molecule has 1 aromatic carbocycles. The van der Waals surface area contributed by atoms with Gasteiger partial charge in [0.25, 0.3) is 0 Å². The molecule has 150 valence electrons. The number of rotatable bonds is 5. The monoisotopic (exact) mass is 394 g/mol. The molecule has 0 bridgehead atoms. The fraction of sp³-hybridized carbons (Fsp3) is 0.429. The van der Waals surface area contributed by atoms with Crippen LogP contribution < -0.4 is 0 Å². The van der Waals surface area contributed by atoms with Gasteiger partial charge in [-0.05, 0) is 30.4 Å². The van der Waals surface area contributed by atoms with Crippen molar-refractivity contribution in [3.8, 4) is 11.5 Å². The minimum atomic E-state index is -0.339. The molecule has 1 aliphatic heterocycles. The highest BCUT2D eigenvalue weighted by atomic mass is 19.1. The van der Waals surface area contributed by atoms with Gasteiger partial charge < -0.3 is 9.47 Å². The summed E-state index contributed by atoms with van der Waals surface area (Å²) in [6.45, 7) is 1.97. The van der Waals surface area contributed by atoms with Crippen LogP contribution >= 0.6 is 0 Å². The first kappa shape index (κ1) is 18.0. The average Bonchev–Trinajstić information content (AvgIpc) is 3.32. The first-order valence-electron chi connectivity index (χ1n) is 10.0. The molecule has 2 aliphatic rings. The predicted octanol–water partition coefficient (Wildman–Crippen LogP) is 2.36. The van der Waals surface area contributed by atoms with Gasteiger partial charge in [-0.1, -0.05) is 18.2 Å². The molecule has 29 heavy (non-hydrogen) atoms. The van der Waals surface area contributed by atoms with E-state index in [-0.39, 0.29) is 18.1 Å². The molecule has 0 spiro atoms. The molecule has 3 aromatic rings. The minimum Gasteiger partial charge on any atom is -0.338 e. The normalized spacial score (nSPS) is 16.1. The zero-order valence-electron chi connectivity index (χ0n) is 16.4. The Kier molecular flexibility index (Phi) is 4.41. The quantitative estimate of drug-likeness (QED) is 0.666. The number of carbonyl (C=O) groups is 1. The van der Waals surface area contributed by atoms with Crippen LogP contribution in [0.25, 0.3) is 11.5 Å². The van der Waals surface area contributed by atoms with E-state index in [4.69, 9.17) is 5.10 Å². The van der Waals surface area contributed by atoms with Crippen molar-refractivity contribution in [2.75, 3.05) is 6.54 Å². The molecule has 2 aromatic heterocycles. The second-order valence-electron chi connectivity index (χ2n) is 7.98. The van der Waals surface area contributed by atoms with Gasteiger partial charge in [-0.15, -0.1) is 10.2 Å². The number of hydrogen-bond acceptors (Lipinski definition) is 4. The molecule has 0 N–H and O–H groups in total. The Labute approximate surface area is 168 Å². The molecule has 1 amide bonds. The summed E-state index contributed by atoms with van der Waals surface area (Å²) in [5.74, 6) is 1.05. The summed E-state index contributed by atoms with van der Waals surface area (Å²) in [4.78, 5) is 14.6. The van der Waals surface area contributed by atoms with Crippen LogP contribution in [0.15, 0.2) is 30.6 Å². The van der Waals surface area contributed by atoms with Gasteiger partial charge in [0, 0.05) is 44.4 Å². The lowest BCUT2D eigenvalue weighted by Crippen LogP contribution is -2.37. The molecule has 0 atom stereocenters. The summed E-state index contributed by atoms with van der Waals surface area (Å²) in [5, 5.41) is 13.1. The van der Waals surface area contributed by atoms with Crippen LogP contribution in [-0.4, -0.2) is 41.9 Å². The number of nitrogens with zero attached hydrogens (tertiary/aromatic N) is 6. The van der Waals surface area contributed by atoms with E-state index < -0.39 is 0 Å². The summed E-state index contributed by atoms with van der Waals surface area (Å²) < 4.78 is 17.9. The lowest BCUT2D eigenvalue weighted by Gasteiger charge is -2.28. The van der Waals surface area contributed by atoms with Crippen LogP contribution in [0, 0.1) is 11.7 Å². The molecule has 7 nitrogen and oxygen atoms in total. The first-order valence-corrected chi connectivity index (χ1v) is 10.0. The topological polar surface area (TPSA) is 68.8 Å². The molecule has 8 heteroatoms. The van der Waals surface area contributed by atoms with E-state index in [0.29, 0.717) is 24.6 Å². The number of aromatic nitrogens is 5. The first-order chi connectivity index (χ1) is 14.1. The molecular weight excluding hydrogens is 371 g/mol. The molecular formula is C21H23FN6O. The Morgan fingerprint density at radius 1 is 1.28 bits per heavy atom. The average molecular weight is 394 g/mol. The van der Waals surface area contributed by atoms with E-state index in [2.05, 4.69) is 14.8 Å². The number of carbonyl (C=O) groups excluding carboxylic acids is 1. The molecule has 0 radical (unpaired) electrons. The minimum absolute atomic E-state index is 0.0649. The van der Waals surface area contributed by atoms with E-state index in [9.17, 15) is 9.18 Å². The standard InChI is InChI=1S/C21H23FN6O/c1-26-18-8-9-27(19(29)10-15-4-2-3-5-17(15)22)12-16(18)20(25-26)21-24-23-13-28(21)11-14-6-7-14/h2-5,13-14H,6-12H2,1H3. The zero-order chi connectivity index (χ0) is 20.0. The van der Waals surface area contributed by atoms with Crippen molar-refractivity contribution < 1.29 is 9.18 Å². The Hall–Kier alpha value is -3.03. The Morgan fingerprint density at radius 3 is 2.90 bits per heavy atom. The lowest BCUT2D eigenvalue weighted by molar-refractivity contribution is -0.131. The maximum Gasteiger partial charge on any atom is 0.227 e. The van der Waals surface area contributed by atoms with Crippen LogP contribution in [0.1, 0.15) is 29.7 Å². The summed E-state index contributed by atoms with van der Waals surface area (Å²) in [5.41, 5.74) is 3.37. The SMILES string of the molecule is Cn1nc(-c2nncn2CC2CC2)c2c1CCN(C(=O)Cc1ccccc1F)C2. The third-order valence-electron chi connectivity index (χ3n) is 5.87. The van der Waals surface area contributed by atoms with Crippen molar-refractivity contribution in [3.05, 3.63) is 53.2 Å². The van der Waals surface area contributed by atoms with Crippen LogP contribution in [0.5, 0.6) is 0 Å². The lowest BCUT2D eigenvalue weighted by atomic mass is 10.0. The molecule has 0 saturated heterocycles. The second-order valence-corrected chi connectivity index (χ2v) is 7.98. The van der Waals surface area contributed by atoms with Gasteiger partial charge >= 0.3 is 0 Å². The largest absolute Gasteiger partial charge is 0.338 e. The van der Waals surface area contributed by atoms with Crippen molar-refractivity contribution in [1.82, 2.24) is 29.4 Å². The van der Waals surface area contributed by atoms with Crippen molar-refractivity contribution in [2.24, 2.45) is 13.0 Å². The maximum absolute atomic E-state index is 14.0. The van der Waals surface area contributed by atoms with Crippen molar-refractivity contribution in [2.45, 2.75) is 38.8 Å². The highest BCUT2D eigenvalue weighted by Gasteiger charge is 2.30. The van der Waals surface area contributed by atoms with Crippen molar-refractivity contribution in [1.29, 1.82) is 0 Å². The van der Waals surface area contributed by atoms with Crippen LogP contribution in [0.2, 0.25) is 0 Å². The fourth-order valence-electron chi connectivity index (χ4n) is 4.05.